The molecular formula is C6H14CuN2O2. The van der Waals surface area contributed by atoms with Crippen molar-refractivity contribution in [1.82, 2.24) is 9.96 Å². The second-order valence-electron chi connectivity index (χ2n) is 2.51. The largest absolute Gasteiger partial charge is 0.367 e. The Morgan fingerprint density at radius 3 is 2.00 bits per heavy atom. The van der Waals surface area contributed by atoms with Crippen LogP contribution in [0, 0.1) is 0 Å². The molecule has 0 aromatic heterocycles. The van der Waals surface area contributed by atoms with Crippen molar-refractivity contribution in [1.29, 1.82) is 0 Å². The van der Waals surface area contributed by atoms with Crippen molar-refractivity contribution in [3.8, 4) is 0 Å². The van der Waals surface area contributed by atoms with Crippen LogP contribution < -0.4 is 0 Å². The zero-order valence-corrected chi connectivity index (χ0v) is 8.16. The summed E-state index contributed by atoms with van der Waals surface area (Å²) in [6.45, 7) is 0.318. The molecule has 0 aromatic rings. The summed E-state index contributed by atoms with van der Waals surface area (Å²) in [7, 11) is 6.98. The molecule has 1 radical (unpaired) electrons. The molecule has 0 aliphatic rings. The molecule has 0 aliphatic carbocycles. The van der Waals surface area contributed by atoms with Crippen molar-refractivity contribution in [2.45, 2.75) is 0 Å². The van der Waals surface area contributed by atoms with Gasteiger partial charge in [-0.05, 0) is 14.1 Å². The van der Waals surface area contributed by atoms with Gasteiger partial charge in [0.15, 0.2) is 0 Å². The predicted octanol–water partition coefficient (Wildman–Crippen LogP) is -0.435. The Kier molecular flexibility index (Phi) is 8.11. The molecule has 0 amide bonds. The number of hydroxylamine groups is 2. The third-order valence-corrected chi connectivity index (χ3v) is 0.730. The van der Waals surface area contributed by atoms with Gasteiger partial charge in [0.25, 0.3) is 0 Å². The fourth-order valence-corrected chi connectivity index (χ4v) is 0.491. The minimum Gasteiger partial charge on any atom is -0.367 e. The van der Waals surface area contributed by atoms with Crippen molar-refractivity contribution in [2.75, 3.05) is 34.7 Å². The Labute approximate surface area is 77.9 Å². The van der Waals surface area contributed by atoms with Crippen LogP contribution in [0.25, 0.3) is 0 Å². The van der Waals surface area contributed by atoms with Gasteiger partial charge in [-0.3, -0.25) is 4.90 Å². The van der Waals surface area contributed by atoms with Gasteiger partial charge in [-0.2, -0.15) is 0 Å². The van der Waals surface area contributed by atoms with Gasteiger partial charge in [0.2, 0.25) is 0 Å². The van der Waals surface area contributed by atoms with E-state index in [4.69, 9.17) is 4.84 Å². The van der Waals surface area contributed by atoms with Crippen molar-refractivity contribution >= 4 is 5.97 Å². The van der Waals surface area contributed by atoms with Crippen LogP contribution in [0.15, 0.2) is 0 Å². The van der Waals surface area contributed by atoms with Gasteiger partial charge in [-0.15, -0.1) is 5.06 Å². The maximum atomic E-state index is 10.8. The van der Waals surface area contributed by atoms with E-state index in [1.54, 1.807) is 19.0 Å². The molecular weight excluding hydrogens is 196 g/mol. The zero-order valence-electron chi connectivity index (χ0n) is 7.22. The van der Waals surface area contributed by atoms with Gasteiger partial charge in [0.05, 0.1) is 6.54 Å². The molecule has 0 atom stereocenters. The van der Waals surface area contributed by atoms with Gasteiger partial charge >= 0.3 is 5.97 Å². The maximum absolute atomic E-state index is 10.8. The molecule has 0 unspecified atom stereocenters. The number of carbonyl (C=O) groups is 1. The molecule has 0 aliphatic heterocycles. The first-order chi connectivity index (χ1) is 4.52. The topological polar surface area (TPSA) is 32.8 Å². The average molecular weight is 210 g/mol. The number of rotatable bonds is 3. The number of hydrogen-bond acceptors (Lipinski definition) is 4. The second kappa shape index (κ2) is 6.61. The predicted molar refractivity (Wildman–Crippen MR) is 38.3 cm³/mol. The van der Waals surface area contributed by atoms with Crippen LogP contribution >= 0.6 is 0 Å². The molecule has 0 aromatic carbocycles. The summed E-state index contributed by atoms with van der Waals surface area (Å²) in [6.07, 6.45) is 0. The molecule has 0 rings (SSSR count). The van der Waals surface area contributed by atoms with E-state index in [1.165, 1.54) is 5.06 Å². The summed E-state index contributed by atoms with van der Waals surface area (Å²) in [5.74, 6) is -0.241. The zero-order chi connectivity index (χ0) is 8.15. The van der Waals surface area contributed by atoms with Gasteiger partial charge in [-0.25, -0.2) is 4.79 Å². The van der Waals surface area contributed by atoms with Crippen molar-refractivity contribution < 1.29 is 26.7 Å². The van der Waals surface area contributed by atoms with Crippen LogP contribution in [0.5, 0.6) is 0 Å². The van der Waals surface area contributed by atoms with E-state index in [1.807, 2.05) is 14.1 Å². The minimum absolute atomic E-state index is 0. The molecule has 0 N–H and O–H groups in total. The number of nitrogens with zero attached hydrogens (tertiary/aromatic N) is 2. The van der Waals surface area contributed by atoms with Crippen LogP contribution in [-0.2, 0) is 26.7 Å². The first-order valence-corrected chi connectivity index (χ1v) is 3.05. The van der Waals surface area contributed by atoms with E-state index < -0.39 is 0 Å². The van der Waals surface area contributed by atoms with Gasteiger partial charge in [0, 0.05) is 31.2 Å². The third-order valence-electron chi connectivity index (χ3n) is 0.730. The first-order valence-electron chi connectivity index (χ1n) is 3.05. The Bertz CT molecular complexity index is 105. The molecule has 0 saturated heterocycles. The Morgan fingerprint density at radius 2 is 1.73 bits per heavy atom. The summed E-state index contributed by atoms with van der Waals surface area (Å²) < 4.78 is 0. The summed E-state index contributed by atoms with van der Waals surface area (Å²) in [6, 6.07) is 0. The fourth-order valence-electron chi connectivity index (χ4n) is 0.491. The molecule has 11 heavy (non-hydrogen) atoms. The average Bonchev–Trinajstić information content (AvgIpc) is 1.58. The molecule has 5 heteroatoms. The summed E-state index contributed by atoms with van der Waals surface area (Å²) >= 11 is 0. The fraction of sp³-hybridized carbons (Fsp3) is 0.833. The van der Waals surface area contributed by atoms with E-state index >= 15 is 0 Å². The Balaban J connectivity index is 0. The smallest absolute Gasteiger partial charge is 0.338 e. The maximum Gasteiger partial charge on any atom is 0.338 e. The monoisotopic (exact) mass is 209 g/mol. The van der Waals surface area contributed by atoms with E-state index in [0.717, 1.165) is 0 Å². The van der Waals surface area contributed by atoms with E-state index in [-0.39, 0.29) is 23.0 Å². The normalized spacial score (nSPS) is 9.64. The van der Waals surface area contributed by atoms with Gasteiger partial charge in [-0.1, -0.05) is 0 Å². The van der Waals surface area contributed by atoms with E-state index in [9.17, 15) is 4.79 Å². The number of hydrogen-bond donors (Lipinski definition) is 0. The van der Waals surface area contributed by atoms with Crippen LogP contribution in [0.4, 0.5) is 0 Å². The van der Waals surface area contributed by atoms with Crippen LogP contribution in [-0.4, -0.2) is 50.7 Å². The summed E-state index contributed by atoms with van der Waals surface area (Å²) in [5.41, 5.74) is 0. The van der Waals surface area contributed by atoms with Crippen molar-refractivity contribution in [3.05, 3.63) is 0 Å². The molecule has 71 valence electrons. The Morgan fingerprint density at radius 1 is 1.27 bits per heavy atom. The molecule has 0 spiro atoms. The summed E-state index contributed by atoms with van der Waals surface area (Å²) in [5, 5.41) is 1.38. The number of carbonyl (C=O) groups excluding carboxylic acids is 1. The molecule has 0 saturated carbocycles. The van der Waals surface area contributed by atoms with Crippen LogP contribution in [0.1, 0.15) is 0 Å². The van der Waals surface area contributed by atoms with Crippen molar-refractivity contribution in [2.24, 2.45) is 0 Å². The van der Waals surface area contributed by atoms with Crippen LogP contribution in [0.3, 0.4) is 0 Å². The summed E-state index contributed by atoms with van der Waals surface area (Å²) in [4.78, 5) is 17.2. The second-order valence-corrected chi connectivity index (χ2v) is 2.51. The first kappa shape index (κ1) is 13.5. The van der Waals surface area contributed by atoms with Crippen LogP contribution in [0.2, 0.25) is 0 Å². The Hall–Kier alpha value is -0.0905. The minimum atomic E-state index is -0.241. The van der Waals surface area contributed by atoms with Crippen molar-refractivity contribution in [3.63, 3.8) is 0 Å². The van der Waals surface area contributed by atoms with E-state index in [2.05, 4.69) is 0 Å². The molecule has 0 fully saturated rings. The molecule has 0 heterocycles. The molecule has 4 nitrogen and oxygen atoms in total. The third kappa shape index (κ3) is 9.91. The van der Waals surface area contributed by atoms with Gasteiger partial charge < -0.3 is 4.84 Å². The van der Waals surface area contributed by atoms with E-state index in [0.29, 0.717) is 6.54 Å². The standard InChI is InChI=1S/C6H14N2O2.Cu/c1-7(2)5-6(9)10-8(3)4;/h5H2,1-4H3;. The number of likely N-dealkylation sites (N-methyl/N-ethyl adjacent to an activating group) is 1. The van der Waals surface area contributed by atoms with Gasteiger partial charge in [0.1, 0.15) is 0 Å². The quantitative estimate of drug-likeness (QED) is 0.467. The molecule has 0 bridgehead atoms. The SMILES string of the molecule is CN(C)CC(=O)ON(C)C.[Cu].